The molecule has 0 bridgehead atoms. The highest BCUT2D eigenvalue weighted by molar-refractivity contribution is 4.96. The van der Waals surface area contributed by atoms with E-state index in [1.165, 1.54) is 50.6 Å². The second-order valence-corrected chi connectivity index (χ2v) is 6.03. The van der Waals surface area contributed by atoms with E-state index in [0.29, 0.717) is 6.04 Å². The normalized spacial score (nSPS) is 25.9. The molecule has 0 amide bonds. The molecule has 1 heteroatoms. The topological polar surface area (TPSA) is 12.0 Å². The van der Waals surface area contributed by atoms with Crippen LogP contribution in [0.5, 0.6) is 0 Å². The van der Waals surface area contributed by atoms with Crippen molar-refractivity contribution in [2.45, 2.75) is 71.8 Å². The summed E-state index contributed by atoms with van der Waals surface area (Å²) in [5.41, 5.74) is 1.45. The number of nitrogens with one attached hydrogen (secondary N) is 1. The summed E-state index contributed by atoms with van der Waals surface area (Å²) >= 11 is 0. The predicted molar refractivity (Wildman–Crippen MR) is 77.3 cm³/mol. The highest BCUT2D eigenvalue weighted by atomic mass is 14.9. The Morgan fingerprint density at radius 2 is 1.82 bits per heavy atom. The molecule has 0 aliphatic heterocycles. The quantitative estimate of drug-likeness (QED) is 0.528. The van der Waals surface area contributed by atoms with Gasteiger partial charge in [-0.25, -0.2) is 0 Å². The lowest BCUT2D eigenvalue weighted by molar-refractivity contribution is 0.289. The molecule has 1 nitrogen and oxygen atoms in total. The Balaban J connectivity index is 2.49. The van der Waals surface area contributed by atoms with Gasteiger partial charge in [-0.3, -0.25) is 0 Å². The Hall–Kier alpha value is -0.300. The van der Waals surface area contributed by atoms with Crippen molar-refractivity contribution in [3.05, 3.63) is 12.2 Å². The van der Waals surface area contributed by atoms with Gasteiger partial charge in [0.15, 0.2) is 0 Å². The molecule has 2 atom stereocenters. The van der Waals surface area contributed by atoms with E-state index in [1.807, 2.05) is 0 Å². The van der Waals surface area contributed by atoms with Gasteiger partial charge in [0, 0.05) is 6.04 Å². The molecule has 1 aliphatic carbocycles. The highest BCUT2D eigenvalue weighted by Gasteiger charge is 2.23. The lowest BCUT2D eigenvalue weighted by Gasteiger charge is -2.27. The first kappa shape index (κ1) is 14.8. The van der Waals surface area contributed by atoms with Crippen LogP contribution in [0.25, 0.3) is 0 Å². The Bertz CT molecular complexity index is 220. The summed E-state index contributed by atoms with van der Waals surface area (Å²) < 4.78 is 0. The molecule has 1 N–H and O–H groups in total. The maximum atomic E-state index is 4.21. The van der Waals surface area contributed by atoms with Crippen molar-refractivity contribution in [3.63, 3.8) is 0 Å². The monoisotopic (exact) mass is 237 g/mol. The maximum absolute atomic E-state index is 4.21. The van der Waals surface area contributed by atoms with E-state index < -0.39 is 0 Å². The van der Waals surface area contributed by atoms with Crippen LogP contribution in [0.4, 0.5) is 0 Å². The molecule has 17 heavy (non-hydrogen) atoms. The van der Waals surface area contributed by atoms with Crippen LogP contribution in [-0.2, 0) is 0 Å². The van der Waals surface area contributed by atoms with Crippen LogP contribution in [0.2, 0.25) is 0 Å². The molecule has 1 aliphatic rings. The standard InChI is InChI=1S/C16H31N/c1-5-14(4)11-15-9-7-6-8-10-16(15)12-17-13(2)3/h13,15-17H,4-12H2,1-3H3. The molecule has 0 spiro atoms. The van der Waals surface area contributed by atoms with Gasteiger partial charge in [-0.15, -0.1) is 0 Å². The van der Waals surface area contributed by atoms with Crippen molar-refractivity contribution in [1.29, 1.82) is 0 Å². The zero-order chi connectivity index (χ0) is 12.7. The lowest BCUT2D eigenvalue weighted by Crippen LogP contribution is -2.32. The summed E-state index contributed by atoms with van der Waals surface area (Å²) in [4.78, 5) is 0. The molecule has 0 heterocycles. The first-order valence-electron chi connectivity index (χ1n) is 7.53. The van der Waals surface area contributed by atoms with Gasteiger partial charge >= 0.3 is 0 Å². The van der Waals surface area contributed by atoms with Crippen molar-refractivity contribution in [1.82, 2.24) is 5.32 Å². The lowest BCUT2D eigenvalue weighted by atomic mass is 9.83. The van der Waals surface area contributed by atoms with E-state index in [-0.39, 0.29) is 0 Å². The first-order valence-corrected chi connectivity index (χ1v) is 7.53. The molecule has 1 rings (SSSR count). The Labute approximate surface area is 108 Å². The fourth-order valence-electron chi connectivity index (χ4n) is 2.90. The molecule has 100 valence electrons. The van der Waals surface area contributed by atoms with Gasteiger partial charge < -0.3 is 5.32 Å². The van der Waals surface area contributed by atoms with Crippen LogP contribution in [0.1, 0.15) is 65.7 Å². The molecule has 0 radical (unpaired) electrons. The van der Waals surface area contributed by atoms with E-state index in [4.69, 9.17) is 0 Å². The largest absolute Gasteiger partial charge is 0.314 e. The van der Waals surface area contributed by atoms with Crippen LogP contribution >= 0.6 is 0 Å². The zero-order valence-corrected chi connectivity index (χ0v) is 12.1. The summed E-state index contributed by atoms with van der Waals surface area (Å²) in [7, 11) is 0. The third kappa shape index (κ3) is 5.72. The highest BCUT2D eigenvalue weighted by Crippen LogP contribution is 2.33. The SMILES string of the molecule is C=C(CC)CC1CCCCCC1CNC(C)C. The van der Waals surface area contributed by atoms with Crippen LogP contribution in [0, 0.1) is 11.8 Å². The molecule has 0 saturated heterocycles. The minimum absolute atomic E-state index is 0.619. The second-order valence-electron chi connectivity index (χ2n) is 6.03. The minimum atomic E-state index is 0.619. The third-order valence-corrected chi connectivity index (χ3v) is 4.16. The van der Waals surface area contributed by atoms with Gasteiger partial charge in [0.1, 0.15) is 0 Å². The summed E-state index contributed by atoms with van der Waals surface area (Å²) in [6.07, 6.45) is 9.55. The Morgan fingerprint density at radius 1 is 1.18 bits per heavy atom. The average molecular weight is 237 g/mol. The summed E-state index contributed by atoms with van der Waals surface area (Å²) in [5.74, 6) is 1.76. The molecule has 0 aromatic rings. The van der Waals surface area contributed by atoms with E-state index in [1.54, 1.807) is 0 Å². The molecular formula is C16H31N. The van der Waals surface area contributed by atoms with E-state index in [9.17, 15) is 0 Å². The summed E-state index contributed by atoms with van der Waals surface area (Å²) in [6.45, 7) is 12.1. The van der Waals surface area contributed by atoms with Gasteiger partial charge in [-0.05, 0) is 44.1 Å². The summed E-state index contributed by atoms with van der Waals surface area (Å²) in [5, 5.41) is 3.63. The van der Waals surface area contributed by atoms with Crippen LogP contribution in [0.15, 0.2) is 12.2 Å². The average Bonchev–Trinajstić information content (AvgIpc) is 2.51. The van der Waals surface area contributed by atoms with Crippen molar-refractivity contribution in [3.8, 4) is 0 Å². The Morgan fingerprint density at radius 3 is 2.41 bits per heavy atom. The van der Waals surface area contributed by atoms with Crippen molar-refractivity contribution < 1.29 is 0 Å². The second kappa shape index (κ2) is 7.92. The third-order valence-electron chi connectivity index (χ3n) is 4.16. The molecule has 2 unspecified atom stereocenters. The van der Waals surface area contributed by atoms with Crippen LogP contribution < -0.4 is 5.32 Å². The summed E-state index contributed by atoms with van der Waals surface area (Å²) in [6, 6.07) is 0.619. The van der Waals surface area contributed by atoms with Gasteiger partial charge in [-0.2, -0.15) is 0 Å². The molecule has 1 fully saturated rings. The van der Waals surface area contributed by atoms with Crippen molar-refractivity contribution in [2.24, 2.45) is 11.8 Å². The van der Waals surface area contributed by atoms with E-state index in [0.717, 1.165) is 18.3 Å². The van der Waals surface area contributed by atoms with Crippen LogP contribution in [-0.4, -0.2) is 12.6 Å². The van der Waals surface area contributed by atoms with Gasteiger partial charge in [-0.1, -0.05) is 52.2 Å². The van der Waals surface area contributed by atoms with Gasteiger partial charge in [0.05, 0.1) is 0 Å². The fraction of sp³-hybridized carbons (Fsp3) is 0.875. The van der Waals surface area contributed by atoms with Crippen molar-refractivity contribution in [2.75, 3.05) is 6.54 Å². The molecular weight excluding hydrogens is 206 g/mol. The number of allylic oxidation sites excluding steroid dienone is 1. The maximum Gasteiger partial charge on any atom is 0.00104 e. The van der Waals surface area contributed by atoms with E-state index in [2.05, 4.69) is 32.7 Å². The van der Waals surface area contributed by atoms with Crippen LogP contribution in [0.3, 0.4) is 0 Å². The minimum Gasteiger partial charge on any atom is -0.314 e. The van der Waals surface area contributed by atoms with Gasteiger partial charge in [0.2, 0.25) is 0 Å². The predicted octanol–water partition coefficient (Wildman–Crippen LogP) is 4.54. The number of rotatable bonds is 6. The zero-order valence-electron chi connectivity index (χ0n) is 12.1. The van der Waals surface area contributed by atoms with E-state index >= 15 is 0 Å². The van der Waals surface area contributed by atoms with Crippen molar-refractivity contribution >= 4 is 0 Å². The number of hydrogen-bond acceptors (Lipinski definition) is 1. The first-order chi connectivity index (χ1) is 8.13. The van der Waals surface area contributed by atoms with Gasteiger partial charge in [0.25, 0.3) is 0 Å². The molecule has 0 aromatic heterocycles. The Kier molecular flexibility index (Phi) is 6.87. The smallest absolute Gasteiger partial charge is 0.00104 e. The number of hydrogen-bond donors (Lipinski definition) is 1. The molecule has 0 aromatic carbocycles. The molecule has 1 saturated carbocycles. The fourth-order valence-corrected chi connectivity index (χ4v) is 2.90.